The number of aliphatic hydroxyl groups is 2. The molecule has 1 heterocycles. The van der Waals surface area contributed by atoms with Crippen molar-refractivity contribution < 1.29 is 10.2 Å². The SMILES string of the molecule is Cc1cccc(C[C@@H](O)/C=C/[C@@H]2[C@H]3CC(CCCCCCN4CCCCC4)=C[C@H]3C[C@H]2O)c1. The van der Waals surface area contributed by atoms with Gasteiger partial charge in [0.25, 0.3) is 0 Å². The number of aliphatic hydroxyl groups excluding tert-OH is 2. The number of likely N-dealkylation sites (tertiary alicyclic amines) is 1. The topological polar surface area (TPSA) is 43.7 Å². The second-order valence-corrected chi connectivity index (χ2v) is 10.9. The first-order chi connectivity index (χ1) is 16.1. The molecule has 3 aliphatic rings. The molecule has 0 radical (unpaired) electrons. The summed E-state index contributed by atoms with van der Waals surface area (Å²) in [6.45, 7) is 6.02. The zero-order chi connectivity index (χ0) is 23.0. The van der Waals surface area contributed by atoms with Crippen molar-refractivity contribution in [2.75, 3.05) is 19.6 Å². The van der Waals surface area contributed by atoms with Gasteiger partial charge in [-0.15, -0.1) is 0 Å². The second kappa shape index (κ2) is 12.3. The van der Waals surface area contributed by atoms with Gasteiger partial charge < -0.3 is 15.1 Å². The summed E-state index contributed by atoms with van der Waals surface area (Å²) in [5.74, 6) is 1.23. The Balaban J connectivity index is 1.16. The van der Waals surface area contributed by atoms with E-state index in [-0.39, 0.29) is 12.0 Å². The van der Waals surface area contributed by atoms with Crippen molar-refractivity contribution in [2.45, 2.75) is 89.8 Å². The summed E-state index contributed by atoms with van der Waals surface area (Å²) < 4.78 is 0. The minimum atomic E-state index is -0.489. The summed E-state index contributed by atoms with van der Waals surface area (Å²) in [5.41, 5.74) is 4.01. The molecule has 1 saturated heterocycles. The molecular weight excluding hydrogens is 406 g/mol. The first kappa shape index (κ1) is 24.7. The molecule has 182 valence electrons. The fraction of sp³-hybridized carbons (Fsp3) is 0.667. The van der Waals surface area contributed by atoms with Crippen LogP contribution in [0.25, 0.3) is 0 Å². The maximum absolute atomic E-state index is 10.6. The van der Waals surface area contributed by atoms with Crippen LogP contribution in [0.2, 0.25) is 0 Å². The van der Waals surface area contributed by atoms with Crippen molar-refractivity contribution >= 4 is 0 Å². The maximum Gasteiger partial charge on any atom is 0.0761 e. The summed E-state index contributed by atoms with van der Waals surface area (Å²) in [4.78, 5) is 2.65. The number of hydrogen-bond donors (Lipinski definition) is 2. The number of aryl methyl sites for hydroxylation is 1. The van der Waals surface area contributed by atoms with Gasteiger partial charge in [-0.2, -0.15) is 0 Å². The van der Waals surface area contributed by atoms with Gasteiger partial charge in [-0.3, -0.25) is 0 Å². The standard InChI is InChI=1S/C30H45NO2/c1-23-10-9-12-24(18-23)20-27(32)13-14-28-29-21-25(19-26(29)22-30(28)33)11-5-2-3-6-15-31-16-7-4-8-17-31/h9-10,12-14,18-19,26-30,32-33H,2-8,11,15-17,20-22H2,1H3/b14-13+/t26-,27-,28+,29-,30+/m0/s1. The number of benzene rings is 1. The van der Waals surface area contributed by atoms with Crippen LogP contribution in [0.5, 0.6) is 0 Å². The molecule has 1 saturated carbocycles. The predicted molar refractivity (Wildman–Crippen MR) is 137 cm³/mol. The third-order valence-corrected chi connectivity index (χ3v) is 8.20. The molecule has 2 N–H and O–H groups in total. The van der Waals surface area contributed by atoms with Crippen LogP contribution in [-0.2, 0) is 6.42 Å². The first-order valence-electron chi connectivity index (χ1n) is 13.6. The number of allylic oxidation sites excluding steroid dienone is 2. The number of fused-ring (bicyclic) bond motifs is 1. The molecule has 3 nitrogen and oxygen atoms in total. The van der Waals surface area contributed by atoms with Crippen LogP contribution in [0.3, 0.4) is 0 Å². The molecule has 4 rings (SSSR count). The van der Waals surface area contributed by atoms with Gasteiger partial charge in [0.05, 0.1) is 12.2 Å². The summed E-state index contributed by atoms with van der Waals surface area (Å²) >= 11 is 0. The lowest BCUT2D eigenvalue weighted by Crippen LogP contribution is -2.30. The van der Waals surface area contributed by atoms with E-state index in [0.29, 0.717) is 18.3 Å². The maximum atomic E-state index is 10.6. The average Bonchev–Trinajstić information content (AvgIpc) is 3.31. The van der Waals surface area contributed by atoms with Gasteiger partial charge in [0.15, 0.2) is 0 Å². The summed E-state index contributed by atoms with van der Waals surface area (Å²) in [7, 11) is 0. The van der Waals surface area contributed by atoms with Crippen LogP contribution in [-0.4, -0.2) is 47.0 Å². The van der Waals surface area contributed by atoms with E-state index in [1.807, 2.05) is 12.1 Å². The zero-order valence-corrected chi connectivity index (χ0v) is 20.7. The summed E-state index contributed by atoms with van der Waals surface area (Å²) in [6, 6.07) is 8.34. The molecule has 1 aliphatic heterocycles. The number of hydrogen-bond acceptors (Lipinski definition) is 3. The summed E-state index contributed by atoms with van der Waals surface area (Å²) in [6.07, 6.45) is 19.3. The molecule has 0 amide bonds. The molecule has 5 atom stereocenters. The Kier molecular flexibility index (Phi) is 9.23. The average molecular weight is 452 g/mol. The summed E-state index contributed by atoms with van der Waals surface area (Å²) in [5, 5.41) is 21.2. The van der Waals surface area contributed by atoms with Crippen molar-refractivity contribution in [2.24, 2.45) is 17.8 Å². The molecule has 3 heteroatoms. The number of piperidine rings is 1. The van der Waals surface area contributed by atoms with E-state index in [0.717, 1.165) is 18.4 Å². The van der Waals surface area contributed by atoms with Gasteiger partial charge >= 0.3 is 0 Å². The normalized spacial score (nSPS) is 28.9. The smallest absolute Gasteiger partial charge is 0.0761 e. The fourth-order valence-electron chi connectivity index (χ4n) is 6.42. The van der Waals surface area contributed by atoms with E-state index in [2.05, 4.69) is 42.2 Å². The quantitative estimate of drug-likeness (QED) is 0.328. The van der Waals surface area contributed by atoms with Crippen molar-refractivity contribution in [3.8, 4) is 0 Å². The van der Waals surface area contributed by atoms with Gasteiger partial charge in [0.2, 0.25) is 0 Å². The molecular formula is C30H45NO2. The second-order valence-electron chi connectivity index (χ2n) is 10.9. The Morgan fingerprint density at radius 3 is 2.73 bits per heavy atom. The molecule has 1 aromatic rings. The molecule has 2 aliphatic carbocycles. The molecule has 1 aromatic carbocycles. The molecule has 0 bridgehead atoms. The highest BCUT2D eigenvalue weighted by atomic mass is 16.3. The highest BCUT2D eigenvalue weighted by molar-refractivity contribution is 5.24. The van der Waals surface area contributed by atoms with Gasteiger partial charge in [0.1, 0.15) is 0 Å². The molecule has 2 fully saturated rings. The van der Waals surface area contributed by atoms with E-state index in [1.165, 1.54) is 76.6 Å². The Bertz CT molecular complexity index is 794. The van der Waals surface area contributed by atoms with Crippen LogP contribution in [0.4, 0.5) is 0 Å². The number of rotatable bonds is 11. The molecule has 0 aromatic heterocycles. The van der Waals surface area contributed by atoms with Crippen LogP contribution >= 0.6 is 0 Å². The van der Waals surface area contributed by atoms with Crippen LogP contribution in [0.1, 0.15) is 75.3 Å². The zero-order valence-electron chi connectivity index (χ0n) is 20.7. The largest absolute Gasteiger partial charge is 0.392 e. The lowest BCUT2D eigenvalue weighted by atomic mass is 9.88. The van der Waals surface area contributed by atoms with E-state index in [1.54, 1.807) is 5.57 Å². The Labute approximate surface area is 201 Å². The van der Waals surface area contributed by atoms with Crippen molar-refractivity contribution in [1.29, 1.82) is 0 Å². The first-order valence-corrected chi connectivity index (χ1v) is 13.6. The van der Waals surface area contributed by atoms with Gasteiger partial charge in [-0.05, 0) is 88.9 Å². The van der Waals surface area contributed by atoms with Gasteiger partial charge in [-0.25, -0.2) is 0 Å². The molecule has 0 unspecified atom stereocenters. The Hall–Kier alpha value is -1.42. The van der Waals surface area contributed by atoms with Crippen LogP contribution in [0.15, 0.2) is 48.1 Å². The van der Waals surface area contributed by atoms with Crippen molar-refractivity contribution in [3.05, 3.63) is 59.2 Å². The van der Waals surface area contributed by atoms with E-state index >= 15 is 0 Å². The highest BCUT2D eigenvalue weighted by Crippen LogP contribution is 2.48. The highest BCUT2D eigenvalue weighted by Gasteiger charge is 2.43. The predicted octanol–water partition coefficient (Wildman–Crippen LogP) is 5.83. The van der Waals surface area contributed by atoms with E-state index < -0.39 is 6.10 Å². The molecule has 33 heavy (non-hydrogen) atoms. The molecule has 0 spiro atoms. The Morgan fingerprint density at radius 2 is 1.91 bits per heavy atom. The number of nitrogens with zero attached hydrogens (tertiary/aromatic N) is 1. The van der Waals surface area contributed by atoms with E-state index in [9.17, 15) is 10.2 Å². The fourth-order valence-corrected chi connectivity index (χ4v) is 6.42. The lowest BCUT2D eigenvalue weighted by molar-refractivity contribution is 0.140. The van der Waals surface area contributed by atoms with Crippen molar-refractivity contribution in [3.63, 3.8) is 0 Å². The van der Waals surface area contributed by atoms with Crippen molar-refractivity contribution in [1.82, 2.24) is 4.90 Å². The minimum Gasteiger partial charge on any atom is -0.392 e. The lowest BCUT2D eigenvalue weighted by Gasteiger charge is -2.26. The Morgan fingerprint density at radius 1 is 1.09 bits per heavy atom. The number of unbranched alkanes of at least 4 members (excludes halogenated alkanes) is 3. The van der Waals surface area contributed by atoms with Crippen LogP contribution < -0.4 is 0 Å². The minimum absolute atomic E-state index is 0.181. The third kappa shape index (κ3) is 7.28. The monoisotopic (exact) mass is 451 g/mol. The van der Waals surface area contributed by atoms with E-state index in [4.69, 9.17) is 0 Å². The van der Waals surface area contributed by atoms with Crippen LogP contribution in [0, 0.1) is 24.7 Å². The third-order valence-electron chi connectivity index (χ3n) is 8.20. The van der Waals surface area contributed by atoms with Gasteiger partial charge in [-0.1, -0.05) is 72.9 Å². The van der Waals surface area contributed by atoms with Gasteiger partial charge in [0, 0.05) is 12.3 Å².